The molecule has 4 aromatic rings. The topological polar surface area (TPSA) is 72.7 Å². The number of aromatic amines is 1. The molecule has 3 aromatic heterocycles. The minimum Gasteiger partial charge on any atom is -0.619 e. The third-order valence-corrected chi connectivity index (χ3v) is 4.55. The molecule has 5 nitrogen and oxygen atoms in total. The fourth-order valence-electron chi connectivity index (χ4n) is 2.47. The highest BCUT2D eigenvalue weighted by molar-refractivity contribution is 5.37. The van der Waals surface area contributed by atoms with Crippen molar-refractivity contribution in [3.05, 3.63) is 136 Å². The Kier molecular flexibility index (Phi) is 29.8. The summed E-state index contributed by atoms with van der Waals surface area (Å²) in [6.07, 6.45) is 7.99. The average Bonchev–Trinajstić information content (AvgIpc) is 2.93. The number of hydrogen-bond donors (Lipinski definition) is 1. The molecule has 4 rings (SSSR count). The standard InChI is InChI=1S/C12H18.2C5H5NO.C5H5N.3C4H10/c1-8(2)12-6-9(3)11(5)10(4)7-12;7-6-4-2-1-3-5-6;7-5-3-1-2-4-6-5;1-2-4-6-5-3-1;3*1-4(2)3/h6-8H,1-5H3;1-5H;1-4H,(H,6,7);1-5H;3*4H,1-3H3. The van der Waals surface area contributed by atoms with Crippen LogP contribution in [0.5, 0.6) is 0 Å². The number of H-pyrrole nitrogens is 1. The quantitative estimate of drug-likeness (QED) is 0.173. The van der Waals surface area contributed by atoms with Gasteiger partial charge in [0.25, 0.3) is 0 Å². The molecule has 0 spiro atoms. The molecule has 1 N–H and O–H groups in total. The molecule has 3 heterocycles. The lowest BCUT2D eigenvalue weighted by molar-refractivity contribution is -0.605. The Labute approximate surface area is 270 Å². The number of nitrogens with one attached hydrogen (secondary N) is 1. The van der Waals surface area contributed by atoms with Crippen LogP contribution in [-0.2, 0) is 0 Å². The van der Waals surface area contributed by atoms with Crippen LogP contribution in [-0.4, -0.2) is 9.97 Å². The van der Waals surface area contributed by atoms with Crippen molar-refractivity contribution in [1.82, 2.24) is 9.97 Å². The van der Waals surface area contributed by atoms with Crippen molar-refractivity contribution >= 4 is 0 Å². The van der Waals surface area contributed by atoms with Crippen LogP contribution in [0.1, 0.15) is 104 Å². The summed E-state index contributed by atoms with van der Waals surface area (Å²) in [7, 11) is 0. The Morgan fingerprint density at radius 1 is 0.636 bits per heavy atom. The van der Waals surface area contributed by atoms with Crippen LogP contribution < -0.4 is 10.3 Å². The Morgan fingerprint density at radius 2 is 1.05 bits per heavy atom. The number of rotatable bonds is 1. The van der Waals surface area contributed by atoms with Gasteiger partial charge in [0.1, 0.15) is 0 Å². The fraction of sp³-hybridized carbons (Fsp3) is 0.462. The van der Waals surface area contributed by atoms with Crippen molar-refractivity contribution in [2.75, 3.05) is 0 Å². The second-order valence-electron chi connectivity index (χ2n) is 12.6. The van der Waals surface area contributed by atoms with Gasteiger partial charge in [-0.25, -0.2) is 0 Å². The van der Waals surface area contributed by atoms with E-state index < -0.39 is 0 Å². The smallest absolute Gasteiger partial charge is 0.247 e. The Morgan fingerprint density at radius 3 is 1.25 bits per heavy atom. The minimum atomic E-state index is -0.0532. The van der Waals surface area contributed by atoms with Gasteiger partial charge < -0.3 is 10.2 Å². The molecule has 246 valence electrons. The van der Waals surface area contributed by atoms with Gasteiger partial charge in [-0.3, -0.25) is 9.78 Å². The summed E-state index contributed by atoms with van der Waals surface area (Å²) in [6, 6.07) is 20.4. The third-order valence-electron chi connectivity index (χ3n) is 4.55. The third kappa shape index (κ3) is 36.3. The number of pyridine rings is 3. The van der Waals surface area contributed by atoms with E-state index in [0.29, 0.717) is 5.92 Å². The summed E-state index contributed by atoms with van der Waals surface area (Å²) in [5.74, 6) is 3.14. The zero-order valence-electron chi connectivity index (χ0n) is 30.3. The van der Waals surface area contributed by atoms with Crippen LogP contribution in [0.3, 0.4) is 0 Å². The molecule has 0 aliphatic rings. The van der Waals surface area contributed by atoms with E-state index >= 15 is 0 Å². The highest BCUT2D eigenvalue weighted by atomic mass is 16.5. The molecule has 0 unspecified atom stereocenters. The van der Waals surface area contributed by atoms with E-state index in [9.17, 15) is 10.0 Å². The first-order valence-electron chi connectivity index (χ1n) is 15.7. The van der Waals surface area contributed by atoms with E-state index in [1.807, 2.05) is 18.2 Å². The van der Waals surface area contributed by atoms with Gasteiger partial charge >= 0.3 is 0 Å². The van der Waals surface area contributed by atoms with Gasteiger partial charge in [-0.1, -0.05) is 106 Å². The van der Waals surface area contributed by atoms with Crippen LogP contribution in [0.25, 0.3) is 0 Å². The summed E-state index contributed by atoms with van der Waals surface area (Å²) in [4.78, 5) is 16.5. The van der Waals surface area contributed by atoms with Crippen LogP contribution in [0.2, 0.25) is 0 Å². The summed E-state index contributed by atoms with van der Waals surface area (Å²) in [5.41, 5.74) is 5.66. The van der Waals surface area contributed by atoms with E-state index in [1.54, 1.807) is 48.9 Å². The lowest BCUT2D eigenvalue weighted by atomic mass is 9.95. The number of nitrogens with zero attached hydrogens (tertiary/aromatic N) is 2. The molecule has 44 heavy (non-hydrogen) atoms. The molecular formula is C39H63N3O2. The van der Waals surface area contributed by atoms with Crippen molar-refractivity contribution in [2.45, 2.75) is 103 Å². The molecule has 0 saturated heterocycles. The summed E-state index contributed by atoms with van der Waals surface area (Å²) < 4.78 is 0.750. The molecule has 1 aromatic carbocycles. The zero-order valence-corrected chi connectivity index (χ0v) is 30.3. The molecule has 0 atom stereocenters. The van der Waals surface area contributed by atoms with Gasteiger partial charge in [0.05, 0.1) is 0 Å². The number of aromatic nitrogens is 3. The molecule has 0 radical (unpaired) electrons. The number of aryl methyl sites for hydroxylation is 2. The molecule has 0 amide bonds. The maximum absolute atomic E-state index is 10.2. The Hall–Kier alpha value is -3.73. The maximum Gasteiger partial charge on any atom is 0.247 e. The molecule has 0 saturated carbocycles. The fourth-order valence-corrected chi connectivity index (χ4v) is 2.47. The van der Waals surface area contributed by atoms with E-state index in [2.05, 4.69) is 119 Å². The average molecular weight is 606 g/mol. The van der Waals surface area contributed by atoms with E-state index in [4.69, 9.17) is 0 Å². The normalized spacial score (nSPS) is 9.23. The highest BCUT2D eigenvalue weighted by Gasteiger charge is 2.03. The predicted octanol–water partition coefficient (Wildman–Crippen LogP) is 10.5. The largest absolute Gasteiger partial charge is 0.619 e. The Bertz CT molecular complexity index is 1110. The SMILES string of the molecule is CC(C)C.CC(C)C.CC(C)C.Cc1cc(C(C)C)cc(C)c1C.O=c1cccc[nH]1.[O-][n+]1ccccc1.c1ccncc1. The Balaban J connectivity index is -0.000000466. The van der Waals surface area contributed by atoms with Gasteiger partial charge in [0.2, 0.25) is 5.56 Å². The van der Waals surface area contributed by atoms with E-state index in [0.717, 1.165) is 22.5 Å². The minimum absolute atomic E-state index is 0.0532. The van der Waals surface area contributed by atoms with Crippen LogP contribution in [0.4, 0.5) is 0 Å². The molecular weight excluding hydrogens is 542 g/mol. The van der Waals surface area contributed by atoms with E-state index in [-0.39, 0.29) is 5.56 Å². The van der Waals surface area contributed by atoms with Crippen molar-refractivity contribution in [3.63, 3.8) is 0 Å². The first kappa shape index (κ1) is 44.7. The summed E-state index contributed by atoms with van der Waals surface area (Å²) in [5, 5.41) is 10.2. The van der Waals surface area contributed by atoms with Gasteiger partial charge in [-0.2, -0.15) is 4.73 Å². The summed E-state index contributed by atoms with van der Waals surface area (Å²) >= 11 is 0. The number of benzene rings is 1. The first-order valence-corrected chi connectivity index (χ1v) is 15.7. The van der Waals surface area contributed by atoms with Gasteiger partial charge in [0, 0.05) is 36.8 Å². The van der Waals surface area contributed by atoms with Gasteiger partial charge in [-0.05, 0) is 84.9 Å². The van der Waals surface area contributed by atoms with Crippen LogP contribution >= 0.6 is 0 Å². The van der Waals surface area contributed by atoms with Crippen molar-refractivity contribution in [2.24, 2.45) is 17.8 Å². The van der Waals surface area contributed by atoms with E-state index in [1.165, 1.54) is 40.7 Å². The van der Waals surface area contributed by atoms with Crippen LogP contribution in [0.15, 0.2) is 103 Å². The molecule has 0 aliphatic carbocycles. The molecule has 0 bridgehead atoms. The van der Waals surface area contributed by atoms with Gasteiger partial charge in [0.15, 0.2) is 12.4 Å². The molecule has 0 aliphatic heterocycles. The highest BCUT2D eigenvalue weighted by Crippen LogP contribution is 2.21. The molecule has 0 fully saturated rings. The second kappa shape index (κ2) is 29.3. The lowest BCUT2D eigenvalue weighted by Gasteiger charge is -2.11. The second-order valence-corrected chi connectivity index (χ2v) is 12.6. The van der Waals surface area contributed by atoms with Crippen molar-refractivity contribution in [1.29, 1.82) is 0 Å². The molecule has 5 heteroatoms. The maximum atomic E-state index is 10.2. The summed E-state index contributed by atoms with van der Waals surface area (Å²) in [6.45, 7) is 30.5. The van der Waals surface area contributed by atoms with Crippen LogP contribution in [0, 0.1) is 43.7 Å². The van der Waals surface area contributed by atoms with Gasteiger partial charge in [-0.15, -0.1) is 0 Å². The monoisotopic (exact) mass is 605 g/mol. The first-order chi connectivity index (χ1) is 20.5. The number of hydrogen-bond acceptors (Lipinski definition) is 3. The zero-order chi connectivity index (χ0) is 34.5. The van der Waals surface area contributed by atoms with Crippen molar-refractivity contribution < 1.29 is 4.73 Å². The predicted molar refractivity (Wildman–Crippen MR) is 193 cm³/mol. The van der Waals surface area contributed by atoms with Crippen molar-refractivity contribution in [3.8, 4) is 0 Å². The lowest BCUT2D eigenvalue weighted by Crippen LogP contribution is -2.22.